The lowest BCUT2D eigenvalue weighted by Gasteiger charge is -2.07. The van der Waals surface area contributed by atoms with Crippen LogP contribution in [0.1, 0.15) is 20.9 Å². The first kappa shape index (κ1) is 13.0. The highest BCUT2D eigenvalue weighted by molar-refractivity contribution is 7.12. The zero-order valence-electron chi connectivity index (χ0n) is 10.3. The van der Waals surface area contributed by atoms with Crippen molar-refractivity contribution in [3.8, 4) is 0 Å². The van der Waals surface area contributed by atoms with Crippen molar-refractivity contribution in [1.29, 1.82) is 0 Å². The third kappa shape index (κ3) is 2.40. The molecule has 2 aromatic rings. The molecule has 2 aromatic heterocycles. The van der Waals surface area contributed by atoms with Crippen molar-refractivity contribution in [3.63, 3.8) is 0 Å². The highest BCUT2D eigenvalue weighted by Crippen LogP contribution is 2.18. The van der Waals surface area contributed by atoms with Crippen LogP contribution in [0.2, 0.25) is 0 Å². The molecule has 0 spiro atoms. The van der Waals surface area contributed by atoms with Gasteiger partial charge in [0.2, 0.25) is 0 Å². The Bertz CT molecular complexity index is 644. The molecule has 0 aliphatic carbocycles. The largest absolute Gasteiger partial charge is 0.409 e. The predicted molar refractivity (Wildman–Crippen MR) is 70.5 cm³/mol. The van der Waals surface area contributed by atoms with Crippen LogP contribution in [0.5, 0.6) is 0 Å². The average molecular weight is 280 g/mol. The standard InChI is InChI=1S/C10H12N6O2S/c1-5-7(19-4-12-5)10(17)14-9-6(8(11)15-18)3-13-16(9)2/h3-4,18H,1-2H3,(H2,11,15)(H,14,17). The summed E-state index contributed by atoms with van der Waals surface area (Å²) in [6.45, 7) is 1.75. The van der Waals surface area contributed by atoms with E-state index in [-0.39, 0.29) is 11.7 Å². The number of rotatable bonds is 3. The van der Waals surface area contributed by atoms with Crippen LogP contribution in [-0.2, 0) is 7.05 Å². The number of aryl methyl sites for hydroxylation is 2. The molecule has 0 aromatic carbocycles. The Labute approximate surface area is 112 Å². The van der Waals surface area contributed by atoms with Gasteiger partial charge in [-0.25, -0.2) is 4.98 Å². The number of carbonyl (C=O) groups is 1. The van der Waals surface area contributed by atoms with E-state index in [2.05, 4.69) is 20.6 Å². The zero-order valence-corrected chi connectivity index (χ0v) is 11.1. The molecule has 2 rings (SSSR count). The fourth-order valence-electron chi connectivity index (χ4n) is 1.51. The predicted octanol–water partition coefficient (Wildman–Crippen LogP) is 0.532. The van der Waals surface area contributed by atoms with Gasteiger partial charge in [0.15, 0.2) is 5.84 Å². The average Bonchev–Trinajstić information content (AvgIpc) is 2.96. The summed E-state index contributed by atoms with van der Waals surface area (Å²) in [5.41, 5.74) is 8.11. The molecule has 0 unspecified atom stereocenters. The fraction of sp³-hybridized carbons (Fsp3) is 0.200. The summed E-state index contributed by atoms with van der Waals surface area (Å²) in [5, 5.41) is 18.2. The molecular formula is C10H12N6O2S. The third-order valence-electron chi connectivity index (χ3n) is 2.51. The van der Waals surface area contributed by atoms with Gasteiger partial charge < -0.3 is 16.3 Å². The molecule has 0 fully saturated rings. The molecule has 9 heteroatoms. The third-order valence-corrected chi connectivity index (χ3v) is 3.43. The number of hydrogen-bond acceptors (Lipinski definition) is 6. The first-order chi connectivity index (χ1) is 9.04. The Morgan fingerprint density at radius 2 is 2.37 bits per heavy atom. The summed E-state index contributed by atoms with van der Waals surface area (Å²) >= 11 is 1.24. The number of nitrogens with one attached hydrogen (secondary N) is 1. The van der Waals surface area contributed by atoms with Crippen LogP contribution in [0.25, 0.3) is 0 Å². The summed E-state index contributed by atoms with van der Waals surface area (Å²) in [5.74, 6) is -0.0758. The van der Waals surface area contributed by atoms with Gasteiger partial charge in [0, 0.05) is 7.05 Å². The normalized spacial score (nSPS) is 11.6. The van der Waals surface area contributed by atoms with E-state index < -0.39 is 0 Å². The maximum atomic E-state index is 12.1. The SMILES string of the molecule is Cc1ncsc1C(=O)Nc1c(C(N)=NO)cnn1C. The summed E-state index contributed by atoms with van der Waals surface area (Å²) in [6.07, 6.45) is 1.41. The van der Waals surface area contributed by atoms with E-state index >= 15 is 0 Å². The lowest BCUT2D eigenvalue weighted by molar-refractivity contribution is 0.102. The monoisotopic (exact) mass is 280 g/mol. The number of nitrogens with zero attached hydrogens (tertiary/aromatic N) is 4. The number of thiazole rings is 1. The molecule has 0 bridgehead atoms. The van der Waals surface area contributed by atoms with Gasteiger partial charge in [-0.05, 0) is 6.92 Å². The Hall–Kier alpha value is -2.42. The Kier molecular flexibility index (Phi) is 3.47. The van der Waals surface area contributed by atoms with Crippen molar-refractivity contribution < 1.29 is 10.0 Å². The molecule has 0 radical (unpaired) electrons. The van der Waals surface area contributed by atoms with Crippen LogP contribution in [0, 0.1) is 6.92 Å². The van der Waals surface area contributed by atoms with Crippen LogP contribution >= 0.6 is 11.3 Å². The lowest BCUT2D eigenvalue weighted by atomic mass is 10.3. The van der Waals surface area contributed by atoms with Gasteiger partial charge in [0.05, 0.1) is 23.0 Å². The molecule has 0 aliphatic rings. The molecule has 2 heterocycles. The van der Waals surface area contributed by atoms with E-state index in [1.807, 2.05) is 0 Å². The minimum absolute atomic E-state index is 0.121. The molecule has 0 saturated heterocycles. The highest BCUT2D eigenvalue weighted by Gasteiger charge is 2.18. The number of oxime groups is 1. The fourth-order valence-corrected chi connectivity index (χ4v) is 2.21. The number of amides is 1. The molecule has 0 saturated carbocycles. The Morgan fingerprint density at radius 1 is 1.63 bits per heavy atom. The molecule has 19 heavy (non-hydrogen) atoms. The van der Waals surface area contributed by atoms with Gasteiger partial charge in [-0.1, -0.05) is 5.16 Å². The number of nitrogens with two attached hydrogens (primary N) is 1. The quantitative estimate of drug-likeness (QED) is 0.328. The summed E-state index contributed by atoms with van der Waals surface area (Å²) in [4.78, 5) is 16.6. The van der Waals surface area contributed by atoms with Gasteiger partial charge in [-0.3, -0.25) is 9.48 Å². The number of aromatic nitrogens is 3. The van der Waals surface area contributed by atoms with Gasteiger partial charge in [-0.2, -0.15) is 5.10 Å². The van der Waals surface area contributed by atoms with Crippen molar-refractivity contribution in [2.24, 2.45) is 17.9 Å². The van der Waals surface area contributed by atoms with Crippen molar-refractivity contribution in [3.05, 3.63) is 27.8 Å². The van der Waals surface area contributed by atoms with Crippen LogP contribution < -0.4 is 11.1 Å². The second-order valence-electron chi connectivity index (χ2n) is 3.74. The first-order valence-electron chi connectivity index (χ1n) is 5.26. The maximum absolute atomic E-state index is 12.1. The molecule has 4 N–H and O–H groups in total. The van der Waals surface area contributed by atoms with Gasteiger partial charge in [-0.15, -0.1) is 11.3 Å². The molecule has 0 aliphatic heterocycles. The summed E-state index contributed by atoms with van der Waals surface area (Å²) in [7, 11) is 1.64. The maximum Gasteiger partial charge on any atom is 0.268 e. The number of carbonyl (C=O) groups excluding carboxylic acids is 1. The van der Waals surface area contributed by atoms with E-state index in [1.165, 1.54) is 22.2 Å². The summed E-state index contributed by atoms with van der Waals surface area (Å²) < 4.78 is 1.43. The van der Waals surface area contributed by atoms with Crippen molar-refractivity contribution in [1.82, 2.24) is 14.8 Å². The number of amidine groups is 1. The second-order valence-corrected chi connectivity index (χ2v) is 4.59. The van der Waals surface area contributed by atoms with Gasteiger partial charge in [0.25, 0.3) is 5.91 Å². The highest BCUT2D eigenvalue weighted by atomic mass is 32.1. The molecule has 100 valence electrons. The van der Waals surface area contributed by atoms with E-state index in [0.29, 0.717) is 22.0 Å². The minimum atomic E-state index is -0.310. The zero-order chi connectivity index (χ0) is 14.0. The summed E-state index contributed by atoms with van der Waals surface area (Å²) in [6, 6.07) is 0. The van der Waals surface area contributed by atoms with E-state index in [9.17, 15) is 4.79 Å². The van der Waals surface area contributed by atoms with Crippen molar-refractivity contribution in [2.75, 3.05) is 5.32 Å². The molecule has 1 amide bonds. The van der Waals surface area contributed by atoms with Crippen LogP contribution in [-0.4, -0.2) is 31.7 Å². The lowest BCUT2D eigenvalue weighted by Crippen LogP contribution is -2.19. The number of hydrogen-bond donors (Lipinski definition) is 3. The van der Waals surface area contributed by atoms with Crippen molar-refractivity contribution >= 4 is 28.9 Å². The molecule has 8 nitrogen and oxygen atoms in total. The van der Waals surface area contributed by atoms with Gasteiger partial charge in [0.1, 0.15) is 10.7 Å². The number of anilines is 1. The van der Waals surface area contributed by atoms with Crippen LogP contribution in [0.4, 0.5) is 5.82 Å². The van der Waals surface area contributed by atoms with Crippen molar-refractivity contribution in [2.45, 2.75) is 6.92 Å². The Morgan fingerprint density at radius 3 is 2.95 bits per heavy atom. The van der Waals surface area contributed by atoms with E-state index in [0.717, 1.165) is 0 Å². The molecule has 0 atom stereocenters. The van der Waals surface area contributed by atoms with Crippen LogP contribution in [0.3, 0.4) is 0 Å². The van der Waals surface area contributed by atoms with E-state index in [1.54, 1.807) is 19.5 Å². The topological polar surface area (TPSA) is 118 Å². The molecular weight excluding hydrogens is 268 g/mol. The Balaban J connectivity index is 2.32. The smallest absolute Gasteiger partial charge is 0.268 e. The van der Waals surface area contributed by atoms with Crippen LogP contribution in [0.15, 0.2) is 16.9 Å². The first-order valence-corrected chi connectivity index (χ1v) is 6.14. The van der Waals surface area contributed by atoms with E-state index in [4.69, 9.17) is 10.9 Å². The second kappa shape index (κ2) is 5.06. The van der Waals surface area contributed by atoms with Gasteiger partial charge >= 0.3 is 0 Å². The minimum Gasteiger partial charge on any atom is -0.409 e.